The molecule has 1 aromatic rings. The number of sulfonamides is 1. The standard InChI is InChI=1S/C24H40N4O5S/c1-17(2)22(24(30)25-10-11-28(18(3)4)19(5)6)26-23(29)20-8-7-9-21(16-20)34(31,32)27-12-14-33-15-13-27/h7-9,16-19,22H,10-15H2,1-6H3,(H,25,30)(H,26,29). The molecular formula is C24H40N4O5S. The van der Waals surface area contributed by atoms with E-state index in [1.165, 1.54) is 16.4 Å². The normalized spacial score (nSPS) is 16.3. The summed E-state index contributed by atoms with van der Waals surface area (Å²) >= 11 is 0. The van der Waals surface area contributed by atoms with E-state index >= 15 is 0 Å². The number of nitrogens with one attached hydrogen (secondary N) is 2. The molecule has 1 fully saturated rings. The molecule has 10 heteroatoms. The predicted octanol–water partition coefficient (Wildman–Crippen LogP) is 1.70. The molecule has 0 saturated carbocycles. The zero-order valence-corrected chi connectivity index (χ0v) is 22.0. The first-order chi connectivity index (χ1) is 15.9. The highest BCUT2D eigenvalue weighted by atomic mass is 32.2. The van der Waals surface area contributed by atoms with Gasteiger partial charge in [-0.15, -0.1) is 0 Å². The first kappa shape index (κ1) is 28.2. The molecule has 1 aliphatic heterocycles. The van der Waals surface area contributed by atoms with Crippen LogP contribution < -0.4 is 10.6 Å². The average molecular weight is 497 g/mol. The lowest BCUT2D eigenvalue weighted by Crippen LogP contribution is -2.51. The fraction of sp³-hybridized carbons (Fsp3) is 0.667. The number of amides is 2. The van der Waals surface area contributed by atoms with Gasteiger partial charge in [-0.25, -0.2) is 8.42 Å². The van der Waals surface area contributed by atoms with E-state index in [1.54, 1.807) is 12.1 Å². The highest BCUT2D eigenvalue weighted by molar-refractivity contribution is 7.89. The van der Waals surface area contributed by atoms with Crippen LogP contribution in [0.15, 0.2) is 29.2 Å². The van der Waals surface area contributed by atoms with E-state index in [-0.39, 0.29) is 35.4 Å². The number of nitrogens with zero attached hydrogens (tertiary/aromatic N) is 2. The van der Waals surface area contributed by atoms with E-state index in [0.717, 1.165) is 0 Å². The summed E-state index contributed by atoms with van der Waals surface area (Å²) in [5, 5.41) is 5.71. The van der Waals surface area contributed by atoms with Gasteiger partial charge in [0.25, 0.3) is 5.91 Å². The topological polar surface area (TPSA) is 108 Å². The van der Waals surface area contributed by atoms with Crippen LogP contribution in [-0.2, 0) is 19.6 Å². The molecule has 1 unspecified atom stereocenters. The summed E-state index contributed by atoms with van der Waals surface area (Å²) in [6, 6.07) is 5.91. The van der Waals surface area contributed by atoms with Crippen LogP contribution in [0.25, 0.3) is 0 Å². The van der Waals surface area contributed by atoms with Crippen LogP contribution in [0.4, 0.5) is 0 Å². The Labute approximate surface area is 204 Å². The molecule has 0 bridgehead atoms. The van der Waals surface area contributed by atoms with Crippen LogP contribution in [0.3, 0.4) is 0 Å². The second kappa shape index (κ2) is 12.6. The lowest BCUT2D eigenvalue weighted by Gasteiger charge is -2.31. The zero-order chi connectivity index (χ0) is 25.5. The van der Waals surface area contributed by atoms with Gasteiger partial charge >= 0.3 is 0 Å². The van der Waals surface area contributed by atoms with Crippen LogP contribution in [0, 0.1) is 5.92 Å². The number of benzene rings is 1. The zero-order valence-electron chi connectivity index (χ0n) is 21.2. The number of carbonyl (C=O) groups is 2. The Bertz CT molecular complexity index is 919. The van der Waals surface area contributed by atoms with Gasteiger partial charge < -0.3 is 15.4 Å². The van der Waals surface area contributed by atoms with E-state index in [2.05, 4.69) is 43.2 Å². The van der Waals surface area contributed by atoms with Crippen molar-refractivity contribution in [3.8, 4) is 0 Å². The van der Waals surface area contributed by atoms with Gasteiger partial charge in [0, 0.05) is 43.8 Å². The SMILES string of the molecule is CC(C)C(NC(=O)c1cccc(S(=O)(=O)N2CCOCC2)c1)C(=O)NCCN(C(C)C)C(C)C. The minimum absolute atomic E-state index is 0.0510. The molecule has 192 valence electrons. The summed E-state index contributed by atoms with van der Waals surface area (Å²) < 4.78 is 32.5. The third-order valence-corrected chi connectivity index (χ3v) is 7.83. The Kier molecular flexibility index (Phi) is 10.5. The molecule has 1 aliphatic rings. The van der Waals surface area contributed by atoms with Gasteiger partial charge in [-0.05, 0) is 51.8 Å². The molecule has 1 atom stereocenters. The van der Waals surface area contributed by atoms with Crippen molar-refractivity contribution in [3.63, 3.8) is 0 Å². The number of hydrogen-bond donors (Lipinski definition) is 2. The highest BCUT2D eigenvalue weighted by Crippen LogP contribution is 2.18. The number of hydrogen-bond acceptors (Lipinski definition) is 6. The molecule has 2 N–H and O–H groups in total. The van der Waals surface area contributed by atoms with E-state index in [1.807, 2.05) is 13.8 Å². The lowest BCUT2D eigenvalue weighted by molar-refractivity contribution is -0.124. The quantitative estimate of drug-likeness (QED) is 0.483. The molecule has 1 saturated heterocycles. The highest BCUT2D eigenvalue weighted by Gasteiger charge is 2.28. The summed E-state index contributed by atoms with van der Waals surface area (Å²) in [6.45, 7) is 14.6. The van der Waals surface area contributed by atoms with Crippen LogP contribution in [0.2, 0.25) is 0 Å². The number of carbonyl (C=O) groups excluding carboxylic acids is 2. The minimum atomic E-state index is -3.72. The van der Waals surface area contributed by atoms with Crippen molar-refractivity contribution in [2.24, 2.45) is 5.92 Å². The molecule has 2 amide bonds. The summed E-state index contributed by atoms with van der Waals surface area (Å²) in [5.41, 5.74) is 0.193. The van der Waals surface area contributed by atoms with Crippen LogP contribution in [0.5, 0.6) is 0 Å². The Morgan fingerprint density at radius 1 is 1.06 bits per heavy atom. The Hall–Kier alpha value is -2.01. The van der Waals surface area contributed by atoms with Crippen LogP contribution in [-0.4, -0.2) is 87.0 Å². The van der Waals surface area contributed by atoms with Crippen molar-refractivity contribution in [2.75, 3.05) is 39.4 Å². The van der Waals surface area contributed by atoms with Crippen molar-refractivity contribution < 1.29 is 22.7 Å². The van der Waals surface area contributed by atoms with Crippen molar-refractivity contribution in [3.05, 3.63) is 29.8 Å². The Morgan fingerprint density at radius 2 is 1.68 bits per heavy atom. The average Bonchev–Trinajstić information content (AvgIpc) is 2.79. The summed E-state index contributed by atoms with van der Waals surface area (Å²) in [4.78, 5) is 28.1. The van der Waals surface area contributed by atoms with Crippen LogP contribution in [0.1, 0.15) is 51.9 Å². The molecule has 1 aromatic carbocycles. The lowest BCUT2D eigenvalue weighted by atomic mass is 10.0. The van der Waals surface area contributed by atoms with Crippen molar-refractivity contribution >= 4 is 21.8 Å². The van der Waals surface area contributed by atoms with Gasteiger partial charge in [-0.1, -0.05) is 19.9 Å². The third kappa shape index (κ3) is 7.49. The largest absolute Gasteiger partial charge is 0.379 e. The van der Waals surface area contributed by atoms with E-state index in [4.69, 9.17) is 4.74 Å². The van der Waals surface area contributed by atoms with Crippen molar-refractivity contribution in [1.29, 1.82) is 0 Å². The monoisotopic (exact) mass is 496 g/mol. The summed E-state index contributed by atoms with van der Waals surface area (Å²) in [6.07, 6.45) is 0. The number of rotatable bonds is 11. The second-order valence-electron chi connectivity index (χ2n) is 9.46. The maximum Gasteiger partial charge on any atom is 0.251 e. The molecule has 1 heterocycles. The van der Waals surface area contributed by atoms with E-state index in [9.17, 15) is 18.0 Å². The second-order valence-corrected chi connectivity index (χ2v) is 11.4. The maximum atomic E-state index is 13.0. The number of ether oxygens (including phenoxy) is 1. The van der Waals surface area contributed by atoms with Crippen LogP contribution >= 0.6 is 0 Å². The first-order valence-electron chi connectivity index (χ1n) is 12.0. The fourth-order valence-corrected chi connectivity index (χ4v) is 5.48. The van der Waals surface area contributed by atoms with Gasteiger partial charge in [0.1, 0.15) is 6.04 Å². The van der Waals surface area contributed by atoms with Crippen molar-refractivity contribution in [2.45, 2.75) is 64.6 Å². The molecule has 0 aliphatic carbocycles. The van der Waals surface area contributed by atoms with Gasteiger partial charge in [0.2, 0.25) is 15.9 Å². The van der Waals surface area contributed by atoms with E-state index < -0.39 is 22.0 Å². The third-order valence-electron chi connectivity index (χ3n) is 5.94. The molecule has 2 rings (SSSR count). The molecular weight excluding hydrogens is 456 g/mol. The predicted molar refractivity (Wildman–Crippen MR) is 132 cm³/mol. The number of morpholine rings is 1. The Balaban J connectivity index is 2.06. The Morgan fingerprint density at radius 3 is 2.24 bits per heavy atom. The molecule has 0 radical (unpaired) electrons. The van der Waals surface area contributed by atoms with Gasteiger partial charge in [0.05, 0.1) is 18.1 Å². The first-order valence-corrected chi connectivity index (χ1v) is 13.4. The van der Waals surface area contributed by atoms with Gasteiger partial charge in [-0.3, -0.25) is 14.5 Å². The summed E-state index contributed by atoms with van der Waals surface area (Å²) in [7, 11) is -3.72. The molecule has 0 aromatic heterocycles. The smallest absolute Gasteiger partial charge is 0.251 e. The molecule has 9 nitrogen and oxygen atoms in total. The molecule has 34 heavy (non-hydrogen) atoms. The van der Waals surface area contributed by atoms with E-state index in [0.29, 0.717) is 38.4 Å². The van der Waals surface area contributed by atoms with Crippen molar-refractivity contribution in [1.82, 2.24) is 19.8 Å². The van der Waals surface area contributed by atoms with Gasteiger partial charge in [-0.2, -0.15) is 4.31 Å². The van der Waals surface area contributed by atoms with Gasteiger partial charge in [0.15, 0.2) is 0 Å². The maximum absolute atomic E-state index is 13.0. The minimum Gasteiger partial charge on any atom is -0.379 e. The fourth-order valence-electron chi connectivity index (χ4n) is 4.02. The molecule has 0 spiro atoms. The summed E-state index contributed by atoms with van der Waals surface area (Å²) in [5.74, 6) is -0.887.